The Hall–Kier alpha value is -1.18. The second-order valence-corrected chi connectivity index (χ2v) is 4.25. The van der Waals surface area contributed by atoms with E-state index in [1.807, 2.05) is 12.1 Å². The first-order valence-corrected chi connectivity index (χ1v) is 5.36. The summed E-state index contributed by atoms with van der Waals surface area (Å²) in [4.78, 5) is 0. The minimum Gasteiger partial charge on any atom is -0.399 e. The van der Waals surface area contributed by atoms with Crippen molar-refractivity contribution in [1.82, 2.24) is 0 Å². The van der Waals surface area contributed by atoms with Crippen LogP contribution in [0.25, 0.3) is 0 Å². The van der Waals surface area contributed by atoms with E-state index in [9.17, 15) is 0 Å². The molecular formula is C12H18N2. The summed E-state index contributed by atoms with van der Waals surface area (Å²) in [7, 11) is 0. The lowest BCUT2D eigenvalue weighted by Gasteiger charge is -2.26. The molecule has 2 rings (SSSR count). The van der Waals surface area contributed by atoms with Crippen LogP contribution in [-0.2, 0) is 0 Å². The van der Waals surface area contributed by atoms with Gasteiger partial charge in [0.1, 0.15) is 0 Å². The summed E-state index contributed by atoms with van der Waals surface area (Å²) >= 11 is 0. The van der Waals surface area contributed by atoms with E-state index in [0.717, 1.165) is 18.2 Å². The van der Waals surface area contributed by atoms with Gasteiger partial charge in [0.25, 0.3) is 0 Å². The van der Waals surface area contributed by atoms with Crippen molar-refractivity contribution in [1.29, 1.82) is 0 Å². The number of anilines is 2. The number of hydrogen-bond donors (Lipinski definition) is 2. The second kappa shape index (κ2) is 3.91. The number of hydrogen-bond acceptors (Lipinski definition) is 2. The van der Waals surface area contributed by atoms with Crippen LogP contribution in [0.1, 0.15) is 24.8 Å². The molecule has 1 aliphatic rings. The number of aryl methyl sites for hydroxylation is 1. The van der Waals surface area contributed by atoms with Crippen LogP contribution < -0.4 is 11.1 Å². The molecule has 0 unspecified atom stereocenters. The van der Waals surface area contributed by atoms with Crippen molar-refractivity contribution in [3.8, 4) is 0 Å². The Bertz CT molecular complexity index is 316. The van der Waals surface area contributed by atoms with Crippen LogP contribution in [0.15, 0.2) is 18.2 Å². The highest BCUT2D eigenvalue weighted by molar-refractivity contribution is 5.59. The third-order valence-corrected chi connectivity index (χ3v) is 3.07. The van der Waals surface area contributed by atoms with E-state index < -0.39 is 0 Å². The number of rotatable bonds is 3. The van der Waals surface area contributed by atoms with Gasteiger partial charge in [-0.2, -0.15) is 0 Å². The molecule has 0 aromatic heterocycles. The summed E-state index contributed by atoms with van der Waals surface area (Å²) in [5.74, 6) is 0.885. The van der Waals surface area contributed by atoms with Crippen LogP contribution in [0.3, 0.4) is 0 Å². The van der Waals surface area contributed by atoms with Crippen molar-refractivity contribution >= 4 is 11.4 Å². The molecule has 14 heavy (non-hydrogen) atoms. The van der Waals surface area contributed by atoms with E-state index in [4.69, 9.17) is 5.73 Å². The van der Waals surface area contributed by atoms with Crippen LogP contribution in [0.4, 0.5) is 11.4 Å². The molecule has 0 amide bonds. The van der Waals surface area contributed by atoms with Crippen LogP contribution in [-0.4, -0.2) is 6.54 Å². The molecule has 1 aromatic carbocycles. The third kappa shape index (κ3) is 2.00. The fraction of sp³-hybridized carbons (Fsp3) is 0.500. The summed E-state index contributed by atoms with van der Waals surface area (Å²) in [6.07, 6.45) is 4.17. The van der Waals surface area contributed by atoms with Crippen molar-refractivity contribution < 1.29 is 0 Å². The summed E-state index contributed by atoms with van der Waals surface area (Å²) in [6, 6.07) is 6.04. The molecule has 0 spiro atoms. The van der Waals surface area contributed by atoms with Crippen molar-refractivity contribution in [2.45, 2.75) is 26.2 Å². The molecule has 1 aliphatic carbocycles. The first-order chi connectivity index (χ1) is 6.75. The summed E-state index contributed by atoms with van der Waals surface area (Å²) in [5.41, 5.74) is 9.05. The molecular weight excluding hydrogens is 172 g/mol. The largest absolute Gasteiger partial charge is 0.399 e. The molecule has 1 aromatic rings. The normalized spacial score (nSPS) is 16.4. The summed E-state index contributed by atoms with van der Waals surface area (Å²) in [5, 5.41) is 3.48. The summed E-state index contributed by atoms with van der Waals surface area (Å²) < 4.78 is 0. The number of nitrogens with one attached hydrogen (secondary N) is 1. The standard InChI is InChI=1S/C12H18N2/c1-9-5-6-11(13)7-12(9)14-8-10-3-2-4-10/h5-7,10,14H,2-4,8,13H2,1H3. The molecule has 0 atom stereocenters. The zero-order valence-electron chi connectivity index (χ0n) is 8.72. The lowest BCUT2D eigenvalue weighted by atomic mass is 9.85. The van der Waals surface area contributed by atoms with E-state index in [0.29, 0.717) is 0 Å². The number of nitrogen functional groups attached to an aromatic ring is 1. The minimum atomic E-state index is 0.840. The smallest absolute Gasteiger partial charge is 0.0390 e. The van der Waals surface area contributed by atoms with Gasteiger partial charge in [0.2, 0.25) is 0 Å². The number of nitrogens with two attached hydrogens (primary N) is 1. The lowest BCUT2D eigenvalue weighted by molar-refractivity contribution is 0.333. The maximum Gasteiger partial charge on any atom is 0.0390 e. The zero-order chi connectivity index (χ0) is 9.97. The maximum atomic E-state index is 5.74. The van der Waals surface area contributed by atoms with E-state index in [1.165, 1.54) is 30.5 Å². The van der Waals surface area contributed by atoms with E-state index >= 15 is 0 Å². The first kappa shape index (κ1) is 9.38. The molecule has 0 heterocycles. The van der Waals surface area contributed by atoms with Crippen LogP contribution >= 0.6 is 0 Å². The average molecular weight is 190 g/mol. The van der Waals surface area contributed by atoms with Gasteiger partial charge in [-0.3, -0.25) is 0 Å². The van der Waals surface area contributed by atoms with Gasteiger partial charge in [-0.1, -0.05) is 12.5 Å². The SMILES string of the molecule is Cc1ccc(N)cc1NCC1CCC1. The van der Waals surface area contributed by atoms with Crippen molar-refractivity contribution in [3.05, 3.63) is 23.8 Å². The molecule has 2 heteroatoms. The molecule has 3 N–H and O–H groups in total. The van der Waals surface area contributed by atoms with Gasteiger partial charge in [0, 0.05) is 17.9 Å². The highest BCUT2D eigenvalue weighted by atomic mass is 14.9. The predicted octanol–water partition coefficient (Wildman–Crippen LogP) is 2.79. The van der Waals surface area contributed by atoms with Gasteiger partial charge in [0.05, 0.1) is 0 Å². The monoisotopic (exact) mass is 190 g/mol. The van der Waals surface area contributed by atoms with Crippen molar-refractivity contribution in [2.75, 3.05) is 17.6 Å². The first-order valence-electron chi connectivity index (χ1n) is 5.36. The topological polar surface area (TPSA) is 38.0 Å². The highest BCUT2D eigenvalue weighted by Crippen LogP contribution is 2.27. The third-order valence-electron chi connectivity index (χ3n) is 3.07. The molecule has 76 valence electrons. The zero-order valence-corrected chi connectivity index (χ0v) is 8.72. The van der Waals surface area contributed by atoms with E-state index in [2.05, 4.69) is 18.3 Å². The fourth-order valence-corrected chi connectivity index (χ4v) is 1.78. The average Bonchev–Trinajstić information content (AvgIpc) is 2.08. The lowest BCUT2D eigenvalue weighted by Crippen LogP contribution is -2.21. The minimum absolute atomic E-state index is 0.840. The maximum absolute atomic E-state index is 5.74. The van der Waals surface area contributed by atoms with Gasteiger partial charge >= 0.3 is 0 Å². The Labute approximate surface area is 85.5 Å². The Morgan fingerprint density at radius 2 is 2.21 bits per heavy atom. The quantitative estimate of drug-likeness (QED) is 0.719. The molecule has 0 saturated heterocycles. The molecule has 1 fully saturated rings. The number of benzene rings is 1. The Morgan fingerprint density at radius 3 is 2.86 bits per heavy atom. The Morgan fingerprint density at radius 1 is 1.43 bits per heavy atom. The van der Waals surface area contributed by atoms with Crippen LogP contribution in [0, 0.1) is 12.8 Å². The van der Waals surface area contributed by atoms with Crippen molar-refractivity contribution in [3.63, 3.8) is 0 Å². The molecule has 0 radical (unpaired) electrons. The van der Waals surface area contributed by atoms with Crippen molar-refractivity contribution in [2.24, 2.45) is 5.92 Å². The van der Waals surface area contributed by atoms with E-state index in [1.54, 1.807) is 0 Å². The van der Waals surface area contributed by atoms with Gasteiger partial charge in [-0.25, -0.2) is 0 Å². The summed E-state index contributed by atoms with van der Waals surface area (Å²) in [6.45, 7) is 3.22. The Balaban J connectivity index is 1.96. The molecule has 2 nitrogen and oxygen atoms in total. The van der Waals surface area contributed by atoms with Gasteiger partial charge < -0.3 is 11.1 Å². The van der Waals surface area contributed by atoms with Crippen LogP contribution in [0.5, 0.6) is 0 Å². The molecule has 1 saturated carbocycles. The van der Waals surface area contributed by atoms with Crippen LogP contribution in [0.2, 0.25) is 0 Å². The van der Waals surface area contributed by atoms with Gasteiger partial charge in [-0.05, 0) is 43.4 Å². The fourth-order valence-electron chi connectivity index (χ4n) is 1.78. The molecule has 0 aliphatic heterocycles. The highest BCUT2D eigenvalue weighted by Gasteiger charge is 2.16. The van der Waals surface area contributed by atoms with E-state index in [-0.39, 0.29) is 0 Å². The molecule has 0 bridgehead atoms. The van der Waals surface area contributed by atoms with Gasteiger partial charge in [-0.15, -0.1) is 0 Å². The predicted molar refractivity (Wildman–Crippen MR) is 61.4 cm³/mol. The second-order valence-electron chi connectivity index (χ2n) is 4.25. The van der Waals surface area contributed by atoms with Gasteiger partial charge in [0.15, 0.2) is 0 Å². The Kier molecular flexibility index (Phi) is 2.62.